The minimum absolute atomic E-state index is 0.151. The third-order valence-corrected chi connectivity index (χ3v) is 5.90. The minimum Gasteiger partial charge on any atom is -0.455 e. The number of nitriles is 2. The van der Waals surface area contributed by atoms with Crippen molar-refractivity contribution in [3.05, 3.63) is 59.8 Å². The molecule has 0 aromatic heterocycles. The van der Waals surface area contributed by atoms with Gasteiger partial charge in [0.15, 0.2) is 5.75 Å². The van der Waals surface area contributed by atoms with Crippen LogP contribution in [0.15, 0.2) is 59.1 Å². The Morgan fingerprint density at radius 3 is 2.43 bits per heavy atom. The molecule has 154 valence electrons. The molecule has 2 aromatic rings. The van der Waals surface area contributed by atoms with E-state index in [4.69, 9.17) is 15.3 Å². The monoisotopic (exact) mass is 423 g/mol. The van der Waals surface area contributed by atoms with Gasteiger partial charge in [0.25, 0.3) is 10.1 Å². The zero-order valence-electron chi connectivity index (χ0n) is 16.2. The highest BCUT2D eigenvalue weighted by atomic mass is 32.2. The maximum absolute atomic E-state index is 11.6. The SMILES string of the molecule is N#CC(C#N)=CNc1ccc(S(=O)(=O)O)cc1Oc1ccccc1C1CCCCC1. The second-order valence-electron chi connectivity index (χ2n) is 7.03. The molecule has 0 saturated heterocycles. The third kappa shape index (κ3) is 5.18. The topological polar surface area (TPSA) is 123 Å². The van der Waals surface area contributed by atoms with Crippen LogP contribution in [0.4, 0.5) is 5.69 Å². The fourth-order valence-electron chi connectivity index (χ4n) is 3.55. The summed E-state index contributed by atoms with van der Waals surface area (Å²) in [6.45, 7) is 0. The van der Waals surface area contributed by atoms with Gasteiger partial charge in [-0.05, 0) is 42.5 Å². The van der Waals surface area contributed by atoms with Crippen molar-refractivity contribution in [1.29, 1.82) is 10.5 Å². The summed E-state index contributed by atoms with van der Waals surface area (Å²) in [5, 5.41) is 20.6. The summed E-state index contributed by atoms with van der Waals surface area (Å²) in [7, 11) is -4.43. The van der Waals surface area contributed by atoms with Crippen molar-refractivity contribution in [2.24, 2.45) is 0 Å². The van der Waals surface area contributed by atoms with Crippen LogP contribution in [0.1, 0.15) is 43.6 Å². The van der Waals surface area contributed by atoms with Crippen LogP contribution in [0.25, 0.3) is 0 Å². The Balaban J connectivity index is 2.01. The predicted octanol–water partition coefficient (Wildman–Crippen LogP) is 5.12. The fraction of sp³-hybridized carbons (Fsp3) is 0.273. The van der Waals surface area contributed by atoms with E-state index >= 15 is 0 Å². The van der Waals surface area contributed by atoms with Crippen LogP contribution in [-0.2, 0) is 10.1 Å². The first kappa shape index (κ1) is 21.4. The molecule has 8 heteroatoms. The van der Waals surface area contributed by atoms with Gasteiger partial charge in [-0.3, -0.25) is 4.55 Å². The van der Waals surface area contributed by atoms with Crippen LogP contribution >= 0.6 is 0 Å². The highest BCUT2D eigenvalue weighted by molar-refractivity contribution is 7.85. The molecule has 1 saturated carbocycles. The lowest BCUT2D eigenvalue weighted by Gasteiger charge is -2.24. The maximum atomic E-state index is 11.6. The normalized spacial score (nSPS) is 14.2. The molecule has 0 unspecified atom stereocenters. The molecular weight excluding hydrogens is 402 g/mol. The second kappa shape index (κ2) is 9.45. The minimum atomic E-state index is -4.43. The van der Waals surface area contributed by atoms with Gasteiger partial charge < -0.3 is 10.1 Å². The molecule has 0 spiro atoms. The van der Waals surface area contributed by atoms with Gasteiger partial charge in [-0.15, -0.1) is 0 Å². The number of nitrogens with one attached hydrogen (secondary N) is 1. The van der Waals surface area contributed by atoms with Gasteiger partial charge in [0.05, 0.1) is 10.6 Å². The quantitative estimate of drug-likeness (QED) is 0.488. The second-order valence-corrected chi connectivity index (χ2v) is 8.46. The molecule has 30 heavy (non-hydrogen) atoms. The Kier molecular flexibility index (Phi) is 6.73. The Bertz CT molecular complexity index is 1120. The standard InChI is InChI=1S/C22H21N3O4S/c23-13-16(14-24)15-25-20-11-10-18(30(26,27)28)12-22(20)29-21-9-5-4-8-19(21)17-6-2-1-3-7-17/h4-5,8-12,15,17,25H,1-3,6-7H2,(H,26,27,28). The van der Waals surface area contributed by atoms with Crippen molar-refractivity contribution in [1.82, 2.24) is 0 Å². The van der Waals surface area contributed by atoms with Gasteiger partial charge in [0.1, 0.15) is 23.5 Å². The summed E-state index contributed by atoms with van der Waals surface area (Å²) in [5.41, 5.74) is 1.25. The number of rotatable bonds is 6. The summed E-state index contributed by atoms with van der Waals surface area (Å²) in [4.78, 5) is -0.317. The number of benzene rings is 2. The van der Waals surface area contributed by atoms with Gasteiger partial charge >= 0.3 is 0 Å². The molecule has 0 heterocycles. The highest BCUT2D eigenvalue weighted by Gasteiger charge is 2.21. The van der Waals surface area contributed by atoms with Crippen molar-refractivity contribution >= 4 is 15.8 Å². The first-order chi connectivity index (χ1) is 14.4. The molecule has 2 N–H and O–H groups in total. The van der Waals surface area contributed by atoms with Crippen molar-refractivity contribution in [3.8, 4) is 23.6 Å². The molecule has 0 radical (unpaired) electrons. The number of nitrogens with zero attached hydrogens (tertiary/aromatic N) is 2. The van der Waals surface area contributed by atoms with Crippen LogP contribution in [0, 0.1) is 22.7 Å². The van der Waals surface area contributed by atoms with Crippen molar-refractivity contribution < 1.29 is 17.7 Å². The van der Waals surface area contributed by atoms with Gasteiger partial charge in [-0.2, -0.15) is 18.9 Å². The molecule has 1 fully saturated rings. The van der Waals surface area contributed by atoms with E-state index in [1.165, 1.54) is 30.8 Å². The summed E-state index contributed by atoms with van der Waals surface area (Å²) in [6.07, 6.45) is 6.86. The molecule has 7 nitrogen and oxygen atoms in total. The molecule has 1 aliphatic carbocycles. The smallest absolute Gasteiger partial charge is 0.294 e. The lowest BCUT2D eigenvalue weighted by atomic mass is 9.84. The molecule has 0 amide bonds. The van der Waals surface area contributed by atoms with Crippen LogP contribution in [0.5, 0.6) is 11.5 Å². The van der Waals surface area contributed by atoms with Crippen molar-refractivity contribution in [2.45, 2.75) is 42.9 Å². The average Bonchev–Trinajstić information content (AvgIpc) is 2.75. The Labute approximate surface area is 176 Å². The maximum Gasteiger partial charge on any atom is 0.294 e. The first-order valence-electron chi connectivity index (χ1n) is 9.57. The molecule has 2 aromatic carbocycles. The van der Waals surface area contributed by atoms with Crippen LogP contribution in [-0.4, -0.2) is 13.0 Å². The molecule has 0 aliphatic heterocycles. The summed E-state index contributed by atoms with van der Waals surface area (Å²) in [5.74, 6) is 1.12. The van der Waals surface area contributed by atoms with Crippen LogP contribution in [0.3, 0.4) is 0 Å². The number of ether oxygens (including phenoxy) is 1. The Hall–Kier alpha value is -3.33. The van der Waals surface area contributed by atoms with E-state index in [0.29, 0.717) is 17.4 Å². The van der Waals surface area contributed by atoms with Gasteiger partial charge in [0, 0.05) is 12.3 Å². The summed E-state index contributed by atoms with van der Waals surface area (Å²) in [6, 6.07) is 14.9. The largest absolute Gasteiger partial charge is 0.455 e. The molecule has 1 aliphatic rings. The summed E-state index contributed by atoms with van der Waals surface area (Å²) < 4.78 is 38.7. The number of allylic oxidation sites excluding steroid dienone is 1. The van der Waals surface area contributed by atoms with E-state index in [1.54, 1.807) is 12.1 Å². The molecule has 0 bridgehead atoms. The highest BCUT2D eigenvalue weighted by Crippen LogP contribution is 2.40. The van der Waals surface area contributed by atoms with E-state index in [9.17, 15) is 13.0 Å². The summed E-state index contributed by atoms with van der Waals surface area (Å²) >= 11 is 0. The third-order valence-electron chi connectivity index (χ3n) is 5.05. The Morgan fingerprint density at radius 2 is 1.77 bits per heavy atom. The number of hydrogen-bond donors (Lipinski definition) is 2. The van der Waals surface area contributed by atoms with Crippen molar-refractivity contribution in [2.75, 3.05) is 5.32 Å². The zero-order valence-corrected chi connectivity index (χ0v) is 17.0. The number of hydrogen-bond acceptors (Lipinski definition) is 6. The molecule has 3 rings (SSSR count). The van der Waals surface area contributed by atoms with Crippen LogP contribution < -0.4 is 10.1 Å². The van der Waals surface area contributed by atoms with Gasteiger partial charge in [-0.25, -0.2) is 0 Å². The van der Waals surface area contributed by atoms with Gasteiger partial charge in [0.2, 0.25) is 0 Å². The van der Waals surface area contributed by atoms with E-state index < -0.39 is 10.1 Å². The Morgan fingerprint density at radius 1 is 1.07 bits per heavy atom. The van der Waals surface area contributed by atoms with E-state index in [0.717, 1.165) is 31.2 Å². The van der Waals surface area contributed by atoms with Gasteiger partial charge in [-0.1, -0.05) is 37.5 Å². The average molecular weight is 423 g/mol. The van der Waals surface area contributed by atoms with E-state index in [1.807, 2.05) is 24.3 Å². The van der Waals surface area contributed by atoms with Crippen LogP contribution in [0.2, 0.25) is 0 Å². The zero-order chi connectivity index (χ0) is 21.6. The first-order valence-corrected chi connectivity index (χ1v) is 11.0. The van der Waals surface area contributed by atoms with E-state index in [-0.39, 0.29) is 16.2 Å². The van der Waals surface area contributed by atoms with E-state index in [2.05, 4.69) is 5.32 Å². The predicted molar refractivity (Wildman–Crippen MR) is 112 cm³/mol. The lowest BCUT2D eigenvalue weighted by Crippen LogP contribution is -2.06. The number of anilines is 1. The molecular formula is C22H21N3O4S. The fourth-order valence-corrected chi connectivity index (χ4v) is 4.05. The number of para-hydroxylation sites is 1. The molecule has 0 atom stereocenters. The van der Waals surface area contributed by atoms with Crippen molar-refractivity contribution in [3.63, 3.8) is 0 Å². The lowest BCUT2D eigenvalue weighted by molar-refractivity contribution is 0.419.